The minimum Gasteiger partial charge on any atom is -0.493 e. The molecule has 0 aliphatic heterocycles. The monoisotopic (exact) mass is 357 g/mol. The molecule has 25 heavy (non-hydrogen) atoms. The van der Waals surface area contributed by atoms with Crippen LogP contribution in [0.1, 0.15) is 16.3 Å². The third-order valence-electron chi connectivity index (χ3n) is 4.19. The van der Waals surface area contributed by atoms with Crippen LogP contribution in [0.15, 0.2) is 18.2 Å². The lowest BCUT2D eigenvalue weighted by molar-refractivity contribution is 0.355. The summed E-state index contributed by atoms with van der Waals surface area (Å²) in [5.74, 6) is 2.23. The Kier molecular flexibility index (Phi) is 4.92. The van der Waals surface area contributed by atoms with Crippen molar-refractivity contribution in [3.63, 3.8) is 0 Å². The van der Waals surface area contributed by atoms with Crippen molar-refractivity contribution in [3.8, 4) is 22.8 Å². The van der Waals surface area contributed by atoms with Gasteiger partial charge in [0.2, 0.25) is 0 Å². The van der Waals surface area contributed by atoms with E-state index in [0.29, 0.717) is 18.0 Å². The molecule has 0 spiro atoms. The summed E-state index contributed by atoms with van der Waals surface area (Å²) >= 11 is 1.72. The van der Waals surface area contributed by atoms with Crippen molar-refractivity contribution in [1.29, 1.82) is 0 Å². The van der Waals surface area contributed by atoms with Crippen molar-refractivity contribution in [2.45, 2.75) is 20.4 Å². The van der Waals surface area contributed by atoms with Crippen molar-refractivity contribution in [2.75, 3.05) is 28.3 Å². The number of nitrogens with zero attached hydrogens (tertiary/aromatic N) is 3. The van der Waals surface area contributed by atoms with E-state index in [9.17, 15) is 0 Å². The minimum absolute atomic E-state index is 0.700. The average molecular weight is 357 g/mol. The molecule has 0 saturated heterocycles. The van der Waals surface area contributed by atoms with E-state index in [4.69, 9.17) is 19.4 Å². The van der Waals surface area contributed by atoms with Crippen molar-refractivity contribution in [1.82, 2.24) is 14.9 Å². The molecule has 0 amide bonds. The van der Waals surface area contributed by atoms with E-state index in [1.54, 1.807) is 25.6 Å². The van der Waals surface area contributed by atoms with E-state index >= 15 is 0 Å². The van der Waals surface area contributed by atoms with Gasteiger partial charge in [-0.3, -0.25) is 0 Å². The molecule has 0 fully saturated rings. The molecule has 0 unspecified atom stereocenters. The van der Waals surface area contributed by atoms with Gasteiger partial charge >= 0.3 is 0 Å². The van der Waals surface area contributed by atoms with Crippen molar-refractivity contribution in [2.24, 2.45) is 0 Å². The van der Waals surface area contributed by atoms with Crippen LogP contribution in [0.3, 0.4) is 0 Å². The predicted molar refractivity (Wildman–Crippen MR) is 103 cm³/mol. The Morgan fingerprint density at radius 3 is 2.40 bits per heavy atom. The highest BCUT2D eigenvalue weighted by atomic mass is 32.1. The highest BCUT2D eigenvalue weighted by Crippen LogP contribution is 2.38. The van der Waals surface area contributed by atoms with Crippen molar-refractivity contribution >= 4 is 21.6 Å². The van der Waals surface area contributed by atoms with Gasteiger partial charge in [-0.2, -0.15) is 0 Å². The first-order valence-electron chi connectivity index (χ1n) is 8.08. The lowest BCUT2D eigenvalue weighted by Gasteiger charge is -2.13. The molecule has 6 heteroatoms. The molecule has 0 atom stereocenters. The number of rotatable bonds is 5. The van der Waals surface area contributed by atoms with Gasteiger partial charge in [-0.1, -0.05) is 0 Å². The van der Waals surface area contributed by atoms with Gasteiger partial charge in [0, 0.05) is 15.8 Å². The normalized spacial score (nSPS) is 11.3. The van der Waals surface area contributed by atoms with Crippen LogP contribution in [0.25, 0.3) is 21.5 Å². The summed E-state index contributed by atoms with van der Waals surface area (Å²) in [6, 6.07) is 5.92. The third-order valence-corrected chi connectivity index (χ3v) is 5.29. The number of ether oxygens (including phenoxy) is 2. The molecule has 0 aliphatic rings. The molecule has 5 nitrogen and oxygen atoms in total. The summed E-state index contributed by atoms with van der Waals surface area (Å²) in [6.07, 6.45) is 0. The SMILES string of the molecule is COc1ccc(-c2nc(CN(C)C)nc3sc(C)c(C)c23)cc1OC. The van der Waals surface area contributed by atoms with Crippen LogP contribution in [0.2, 0.25) is 0 Å². The number of thiophene rings is 1. The Balaban J connectivity index is 2.26. The second-order valence-corrected chi connectivity index (χ2v) is 7.46. The van der Waals surface area contributed by atoms with E-state index in [-0.39, 0.29) is 0 Å². The van der Waals surface area contributed by atoms with Gasteiger partial charge in [0.1, 0.15) is 10.7 Å². The minimum atomic E-state index is 0.700. The van der Waals surface area contributed by atoms with Gasteiger partial charge in [-0.25, -0.2) is 9.97 Å². The maximum Gasteiger partial charge on any atom is 0.161 e. The van der Waals surface area contributed by atoms with E-state index in [1.165, 1.54) is 10.4 Å². The zero-order valence-corrected chi connectivity index (χ0v) is 16.3. The fourth-order valence-electron chi connectivity index (χ4n) is 2.84. The standard InChI is InChI=1S/C19H23N3O2S/c1-11-12(2)25-19-17(11)18(20-16(21-19)10-22(3)4)13-7-8-14(23-5)15(9-13)24-6/h7-9H,10H2,1-6H3. The molecule has 3 rings (SSSR count). The van der Waals surface area contributed by atoms with Gasteiger partial charge in [0.15, 0.2) is 11.5 Å². The summed E-state index contributed by atoms with van der Waals surface area (Å²) in [4.78, 5) is 14.0. The first-order valence-corrected chi connectivity index (χ1v) is 8.90. The first-order chi connectivity index (χ1) is 11.9. The highest BCUT2D eigenvalue weighted by molar-refractivity contribution is 7.18. The van der Waals surface area contributed by atoms with E-state index < -0.39 is 0 Å². The molecule has 0 bridgehead atoms. The van der Waals surface area contributed by atoms with Crippen molar-refractivity contribution in [3.05, 3.63) is 34.5 Å². The molecular formula is C19H23N3O2S. The molecule has 2 heterocycles. The molecule has 1 aromatic carbocycles. The predicted octanol–water partition coefficient (Wildman–Crippen LogP) is 4.05. The van der Waals surface area contributed by atoms with E-state index in [2.05, 4.69) is 18.7 Å². The summed E-state index contributed by atoms with van der Waals surface area (Å²) in [5, 5.41) is 1.12. The zero-order chi connectivity index (χ0) is 18.1. The molecule has 0 radical (unpaired) electrons. The Hall–Kier alpha value is -2.18. The fourth-order valence-corrected chi connectivity index (χ4v) is 3.89. The van der Waals surface area contributed by atoms with Crippen LogP contribution < -0.4 is 9.47 Å². The summed E-state index contributed by atoms with van der Waals surface area (Å²) in [6.45, 7) is 4.96. The van der Waals surface area contributed by atoms with E-state index in [1.807, 2.05) is 32.3 Å². The van der Waals surface area contributed by atoms with Crippen LogP contribution in [-0.2, 0) is 6.54 Å². The summed E-state index contributed by atoms with van der Waals surface area (Å²) in [7, 11) is 7.33. The maximum atomic E-state index is 5.47. The molecule has 3 aromatic rings. The molecule has 2 aromatic heterocycles. The molecule has 0 aliphatic carbocycles. The van der Waals surface area contributed by atoms with Gasteiger partial charge in [0.25, 0.3) is 0 Å². The topological polar surface area (TPSA) is 47.5 Å². The van der Waals surface area contributed by atoms with Crippen LogP contribution in [0.4, 0.5) is 0 Å². The summed E-state index contributed by atoms with van der Waals surface area (Å²) < 4.78 is 10.8. The second kappa shape index (κ2) is 6.98. The molecule has 132 valence electrons. The lowest BCUT2D eigenvalue weighted by Crippen LogP contribution is -2.13. The average Bonchev–Trinajstić information content (AvgIpc) is 2.87. The first kappa shape index (κ1) is 17.6. The van der Waals surface area contributed by atoms with Crippen molar-refractivity contribution < 1.29 is 9.47 Å². The highest BCUT2D eigenvalue weighted by Gasteiger charge is 2.17. The lowest BCUT2D eigenvalue weighted by atomic mass is 10.0. The summed E-state index contributed by atoms with van der Waals surface area (Å²) in [5.41, 5.74) is 3.19. The van der Waals surface area contributed by atoms with E-state index in [0.717, 1.165) is 27.3 Å². The number of aromatic nitrogens is 2. The number of hydrogen-bond acceptors (Lipinski definition) is 6. The van der Waals surface area contributed by atoms with Crippen LogP contribution in [-0.4, -0.2) is 43.2 Å². The number of methoxy groups -OCH3 is 2. The third kappa shape index (κ3) is 3.32. The molecule has 0 N–H and O–H groups in total. The van der Waals surface area contributed by atoms with Gasteiger partial charge in [-0.15, -0.1) is 11.3 Å². The smallest absolute Gasteiger partial charge is 0.161 e. The molecular weight excluding hydrogens is 334 g/mol. The number of hydrogen-bond donors (Lipinski definition) is 0. The Morgan fingerprint density at radius 2 is 1.76 bits per heavy atom. The number of aryl methyl sites for hydroxylation is 2. The Bertz CT molecular complexity index is 919. The quantitative estimate of drug-likeness (QED) is 0.689. The van der Waals surface area contributed by atoms with Gasteiger partial charge in [0.05, 0.1) is 26.5 Å². The Morgan fingerprint density at radius 1 is 1.04 bits per heavy atom. The Labute approximate surface area is 152 Å². The fraction of sp³-hybridized carbons (Fsp3) is 0.368. The number of benzene rings is 1. The number of fused-ring (bicyclic) bond motifs is 1. The largest absolute Gasteiger partial charge is 0.493 e. The van der Waals surface area contributed by atoms with Gasteiger partial charge < -0.3 is 14.4 Å². The van der Waals surface area contributed by atoms with Crippen LogP contribution in [0, 0.1) is 13.8 Å². The maximum absolute atomic E-state index is 5.47. The zero-order valence-electron chi connectivity index (χ0n) is 15.5. The van der Waals surface area contributed by atoms with Crippen LogP contribution >= 0.6 is 11.3 Å². The van der Waals surface area contributed by atoms with Crippen LogP contribution in [0.5, 0.6) is 11.5 Å². The second-order valence-electron chi connectivity index (χ2n) is 6.26. The molecule has 0 saturated carbocycles. The van der Waals surface area contributed by atoms with Gasteiger partial charge in [-0.05, 0) is 51.7 Å².